The number of carbonyl (C=O) groups excluding carboxylic acids is 1. The van der Waals surface area contributed by atoms with Gasteiger partial charge in [0.25, 0.3) is 0 Å². The summed E-state index contributed by atoms with van der Waals surface area (Å²) in [6, 6.07) is 3.46. The zero-order valence-electron chi connectivity index (χ0n) is 12.9. The number of alkyl halides is 1. The first-order valence-electron chi connectivity index (χ1n) is 7.15. The number of hydrogen-bond donors (Lipinski definition) is 0. The molecule has 5 nitrogen and oxygen atoms in total. The van der Waals surface area contributed by atoms with Crippen LogP contribution >= 0.6 is 15.9 Å². The van der Waals surface area contributed by atoms with Crippen LogP contribution in [0, 0.1) is 0 Å². The van der Waals surface area contributed by atoms with Crippen LogP contribution in [0.4, 0.5) is 9.18 Å². The van der Waals surface area contributed by atoms with Crippen molar-refractivity contribution in [3.63, 3.8) is 0 Å². The number of carbonyl (C=O) groups is 1. The van der Waals surface area contributed by atoms with E-state index in [1.54, 1.807) is 39.1 Å². The second kappa shape index (κ2) is 6.81. The lowest BCUT2D eigenvalue weighted by Gasteiger charge is -2.35. The quantitative estimate of drug-likeness (QED) is 0.793. The van der Waals surface area contributed by atoms with E-state index in [2.05, 4.69) is 20.9 Å². The Morgan fingerprint density at radius 3 is 2.82 bits per heavy atom. The van der Waals surface area contributed by atoms with E-state index in [9.17, 15) is 9.18 Å². The van der Waals surface area contributed by atoms with E-state index in [1.807, 2.05) is 0 Å². The molecule has 1 aliphatic rings. The number of likely N-dealkylation sites (tertiary alicyclic amines) is 1. The molecule has 2 rings (SSSR count). The normalized spacial score (nSPS) is 22.3. The predicted molar refractivity (Wildman–Crippen MR) is 83.7 cm³/mol. The Hall–Kier alpha value is -1.37. The number of halogens is 2. The largest absolute Gasteiger partial charge is 0.471 e. The van der Waals surface area contributed by atoms with Crippen LogP contribution in [0.25, 0.3) is 0 Å². The molecule has 122 valence electrons. The lowest BCUT2D eigenvalue weighted by Crippen LogP contribution is -2.50. The smallest absolute Gasteiger partial charge is 0.410 e. The van der Waals surface area contributed by atoms with Gasteiger partial charge in [-0.3, -0.25) is 0 Å². The average molecular weight is 375 g/mol. The van der Waals surface area contributed by atoms with Gasteiger partial charge in [-0.25, -0.2) is 14.2 Å². The summed E-state index contributed by atoms with van der Waals surface area (Å²) in [6.07, 6.45) is -0.395. The van der Waals surface area contributed by atoms with Gasteiger partial charge in [0.1, 0.15) is 11.7 Å². The van der Waals surface area contributed by atoms with Crippen molar-refractivity contribution >= 4 is 22.0 Å². The van der Waals surface area contributed by atoms with Crippen LogP contribution in [0.5, 0.6) is 5.88 Å². The summed E-state index contributed by atoms with van der Waals surface area (Å²) in [6.45, 7) is 5.72. The predicted octanol–water partition coefficient (Wildman–Crippen LogP) is 3.57. The van der Waals surface area contributed by atoms with Gasteiger partial charge in [-0.05, 0) is 26.8 Å². The van der Waals surface area contributed by atoms with Crippen LogP contribution in [0.1, 0.15) is 27.2 Å². The molecule has 0 aliphatic carbocycles. The number of nitrogens with zero attached hydrogens (tertiary/aromatic N) is 2. The van der Waals surface area contributed by atoms with Crippen LogP contribution in [0.15, 0.2) is 22.8 Å². The second-order valence-corrected chi connectivity index (χ2v) is 7.12. The molecular formula is C15H20BrFN2O3. The van der Waals surface area contributed by atoms with Crippen molar-refractivity contribution in [2.75, 3.05) is 13.1 Å². The van der Waals surface area contributed by atoms with Crippen molar-refractivity contribution < 1.29 is 18.7 Å². The molecule has 2 unspecified atom stereocenters. The second-order valence-electron chi connectivity index (χ2n) is 6.20. The number of aromatic nitrogens is 1. The fraction of sp³-hybridized carbons (Fsp3) is 0.600. The molecule has 1 saturated heterocycles. The topological polar surface area (TPSA) is 51.7 Å². The Labute approximate surface area is 137 Å². The number of pyridine rings is 1. The van der Waals surface area contributed by atoms with E-state index in [-0.39, 0.29) is 6.54 Å². The van der Waals surface area contributed by atoms with Gasteiger partial charge in [0, 0.05) is 29.7 Å². The van der Waals surface area contributed by atoms with Crippen molar-refractivity contribution in [2.45, 2.75) is 45.1 Å². The van der Waals surface area contributed by atoms with Crippen LogP contribution in [0.2, 0.25) is 0 Å². The lowest BCUT2D eigenvalue weighted by molar-refractivity contribution is -0.0114. The Kier molecular flexibility index (Phi) is 5.26. The number of ether oxygens (including phenoxy) is 2. The highest BCUT2D eigenvalue weighted by molar-refractivity contribution is 9.10. The first-order valence-corrected chi connectivity index (χ1v) is 7.94. The Bertz CT molecular complexity index is 536. The van der Waals surface area contributed by atoms with Crippen LogP contribution in [0.3, 0.4) is 0 Å². The number of rotatable bonds is 2. The lowest BCUT2D eigenvalue weighted by atomic mass is 10.1. The van der Waals surface area contributed by atoms with E-state index in [0.717, 1.165) is 4.47 Å². The van der Waals surface area contributed by atoms with E-state index in [0.29, 0.717) is 18.8 Å². The third kappa shape index (κ3) is 4.83. The molecule has 2 heterocycles. The van der Waals surface area contributed by atoms with Gasteiger partial charge in [-0.1, -0.05) is 15.9 Å². The standard InChI is InChI=1S/C15H20BrFN2O3/c1-15(2,3)22-14(20)19-7-5-12(11(17)9-19)21-13-8-10(16)4-6-18-13/h4,6,8,11-12H,5,7,9H2,1-3H3. The first-order chi connectivity index (χ1) is 10.2. The Morgan fingerprint density at radius 1 is 1.50 bits per heavy atom. The van der Waals surface area contributed by atoms with E-state index >= 15 is 0 Å². The van der Waals surface area contributed by atoms with Crippen LogP contribution < -0.4 is 4.74 Å². The molecular weight excluding hydrogens is 355 g/mol. The van der Waals surface area contributed by atoms with Gasteiger partial charge in [0.05, 0.1) is 6.54 Å². The Balaban J connectivity index is 1.91. The molecule has 1 aliphatic heterocycles. The van der Waals surface area contributed by atoms with Gasteiger partial charge in [0.15, 0.2) is 6.17 Å². The number of amides is 1. The van der Waals surface area contributed by atoms with E-state index < -0.39 is 24.0 Å². The monoisotopic (exact) mass is 374 g/mol. The third-order valence-corrected chi connectivity index (χ3v) is 3.60. The van der Waals surface area contributed by atoms with Gasteiger partial charge in [-0.2, -0.15) is 0 Å². The minimum absolute atomic E-state index is 0.0341. The maximum atomic E-state index is 14.3. The third-order valence-electron chi connectivity index (χ3n) is 3.10. The SMILES string of the molecule is CC(C)(C)OC(=O)N1CCC(Oc2cc(Br)ccn2)C(F)C1. The molecule has 1 fully saturated rings. The van der Waals surface area contributed by atoms with Gasteiger partial charge >= 0.3 is 6.09 Å². The summed E-state index contributed by atoms with van der Waals surface area (Å²) >= 11 is 3.32. The maximum Gasteiger partial charge on any atom is 0.410 e. The summed E-state index contributed by atoms with van der Waals surface area (Å²) < 4.78 is 25.9. The molecule has 1 aromatic rings. The molecule has 2 atom stereocenters. The maximum absolute atomic E-state index is 14.3. The fourth-order valence-electron chi connectivity index (χ4n) is 2.11. The number of piperidine rings is 1. The highest BCUT2D eigenvalue weighted by Crippen LogP contribution is 2.23. The molecule has 0 bridgehead atoms. The molecule has 7 heteroatoms. The molecule has 0 aromatic carbocycles. The van der Waals surface area contributed by atoms with Gasteiger partial charge < -0.3 is 14.4 Å². The van der Waals surface area contributed by atoms with Crippen LogP contribution in [-0.4, -0.2) is 46.9 Å². The van der Waals surface area contributed by atoms with Crippen molar-refractivity contribution in [3.05, 3.63) is 22.8 Å². The van der Waals surface area contributed by atoms with Gasteiger partial charge in [-0.15, -0.1) is 0 Å². The number of hydrogen-bond acceptors (Lipinski definition) is 4. The molecule has 0 saturated carbocycles. The summed E-state index contributed by atoms with van der Waals surface area (Å²) in [4.78, 5) is 17.4. The summed E-state index contributed by atoms with van der Waals surface area (Å²) in [5.41, 5.74) is -0.587. The van der Waals surface area contributed by atoms with Crippen molar-refractivity contribution in [2.24, 2.45) is 0 Å². The summed E-state index contributed by atoms with van der Waals surface area (Å²) in [5.74, 6) is 0.368. The minimum Gasteiger partial charge on any atom is -0.471 e. The van der Waals surface area contributed by atoms with Gasteiger partial charge in [0.2, 0.25) is 5.88 Å². The van der Waals surface area contributed by atoms with Crippen molar-refractivity contribution in [1.82, 2.24) is 9.88 Å². The Morgan fingerprint density at radius 2 is 2.23 bits per heavy atom. The molecule has 0 N–H and O–H groups in total. The summed E-state index contributed by atoms with van der Waals surface area (Å²) in [5, 5.41) is 0. The van der Waals surface area contributed by atoms with Crippen molar-refractivity contribution in [3.8, 4) is 5.88 Å². The van der Waals surface area contributed by atoms with E-state index in [4.69, 9.17) is 9.47 Å². The molecule has 0 radical (unpaired) electrons. The highest BCUT2D eigenvalue weighted by atomic mass is 79.9. The molecule has 0 spiro atoms. The first kappa shape index (κ1) is 17.0. The average Bonchev–Trinajstić information content (AvgIpc) is 2.39. The molecule has 22 heavy (non-hydrogen) atoms. The highest BCUT2D eigenvalue weighted by Gasteiger charge is 2.35. The summed E-state index contributed by atoms with van der Waals surface area (Å²) in [7, 11) is 0. The fourth-order valence-corrected chi connectivity index (χ4v) is 2.43. The zero-order chi connectivity index (χ0) is 16.3. The van der Waals surface area contributed by atoms with Crippen molar-refractivity contribution in [1.29, 1.82) is 0 Å². The molecule has 1 amide bonds. The molecule has 1 aromatic heterocycles. The zero-order valence-corrected chi connectivity index (χ0v) is 14.5. The van der Waals surface area contributed by atoms with Crippen LogP contribution in [-0.2, 0) is 4.74 Å². The van der Waals surface area contributed by atoms with E-state index in [1.165, 1.54) is 4.90 Å². The minimum atomic E-state index is -1.28.